The van der Waals surface area contributed by atoms with Gasteiger partial charge < -0.3 is 4.90 Å². The van der Waals surface area contributed by atoms with E-state index in [2.05, 4.69) is 11.6 Å². The number of aryl methyl sites for hydroxylation is 1. The summed E-state index contributed by atoms with van der Waals surface area (Å²) in [4.78, 5) is 14.9. The molecule has 1 aliphatic rings. The van der Waals surface area contributed by atoms with Crippen LogP contribution in [0.25, 0.3) is 0 Å². The summed E-state index contributed by atoms with van der Waals surface area (Å²) in [5.74, 6) is -0.580. The first-order valence-electron chi connectivity index (χ1n) is 9.52. The van der Waals surface area contributed by atoms with Gasteiger partial charge in [0.05, 0.1) is 4.90 Å². The summed E-state index contributed by atoms with van der Waals surface area (Å²) in [6, 6.07) is 10.0. The molecule has 150 valence electrons. The topological polar surface area (TPSA) is 66.5 Å². The quantitative estimate of drug-likeness (QED) is 0.806. The summed E-state index contributed by atoms with van der Waals surface area (Å²) in [5, 5.41) is 0. The molecule has 1 fully saturated rings. The van der Waals surface area contributed by atoms with Crippen molar-refractivity contribution in [2.45, 2.75) is 50.5 Å². The number of piperidine rings is 1. The maximum atomic E-state index is 13.1. The molecule has 0 saturated carbocycles. The minimum Gasteiger partial charge on any atom is -0.336 e. The molecule has 3 rings (SSSR count). The third-order valence-electron chi connectivity index (χ3n) is 5.18. The standard InChI is InChI=1S/C21H25FN2O3S/c1-3-19-6-4-5-13-24(19)21(25)16-8-7-15(2)20(14-16)28(26,27)23-18-11-9-17(22)10-12-18/h7-12,14,19,23H,3-6,13H2,1-2H3. The van der Waals surface area contributed by atoms with Crippen molar-refractivity contribution in [3.8, 4) is 0 Å². The number of nitrogens with one attached hydrogen (secondary N) is 1. The second-order valence-electron chi connectivity index (χ2n) is 7.15. The molecule has 28 heavy (non-hydrogen) atoms. The van der Waals surface area contributed by atoms with Crippen LogP contribution in [0, 0.1) is 12.7 Å². The van der Waals surface area contributed by atoms with E-state index in [9.17, 15) is 17.6 Å². The van der Waals surface area contributed by atoms with Gasteiger partial charge in [-0.15, -0.1) is 0 Å². The Bertz CT molecular complexity index is 958. The lowest BCUT2D eigenvalue weighted by molar-refractivity contribution is 0.0608. The molecule has 2 aromatic carbocycles. The number of sulfonamides is 1. The molecule has 1 atom stereocenters. The number of carbonyl (C=O) groups excluding carboxylic acids is 1. The number of amides is 1. The largest absolute Gasteiger partial charge is 0.336 e. The second-order valence-corrected chi connectivity index (χ2v) is 8.80. The molecule has 5 nitrogen and oxygen atoms in total. The van der Waals surface area contributed by atoms with Crippen LogP contribution in [-0.4, -0.2) is 31.8 Å². The molecule has 0 aliphatic carbocycles. The van der Waals surface area contributed by atoms with E-state index in [1.54, 1.807) is 19.1 Å². The third kappa shape index (κ3) is 4.35. The van der Waals surface area contributed by atoms with E-state index in [-0.39, 0.29) is 22.5 Å². The number of anilines is 1. The van der Waals surface area contributed by atoms with Crippen LogP contribution >= 0.6 is 0 Å². The summed E-state index contributed by atoms with van der Waals surface area (Å²) >= 11 is 0. The van der Waals surface area contributed by atoms with Crippen LogP contribution < -0.4 is 4.72 Å². The van der Waals surface area contributed by atoms with E-state index in [4.69, 9.17) is 0 Å². The van der Waals surface area contributed by atoms with Gasteiger partial charge in [0.2, 0.25) is 0 Å². The van der Waals surface area contributed by atoms with Gasteiger partial charge in [-0.2, -0.15) is 0 Å². The van der Waals surface area contributed by atoms with Crippen LogP contribution in [0.15, 0.2) is 47.4 Å². The molecule has 1 unspecified atom stereocenters. The number of likely N-dealkylation sites (tertiary alicyclic amines) is 1. The number of carbonyl (C=O) groups is 1. The number of benzene rings is 2. The Morgan fingerprint density at radius 1 is 1.18 bits per heavy atom. The molecule has 1 aliphatic heterocycles. The highest BCUT2D eigenvalue weighted by molar-refractivity contribution is 7.92. The number of hydrogen-bond donors (Lipinski definition) is 1. The third-order valence-corrected chi connectivity index (χ3v) is 6.70. The highest BCUT2D eigenvalue weighted by Gasteiger charge is 2.27. The Balaban J connectivity index is 1.90. The number of nitrogens with zero attached hydrogens (tertiary/aromatic N) is 1. The van der Waals surface area contributed by atoms with Gasteiger partial charge in [0.25, 0.3) is 15.9 Å². The van der Waals surface area contributed by atoms with Gasteiger partial charge in [0.1, 0.15) is 5.82 Å². The molecule has 0 bridgehead atoms. The lowest BCUT2D eigenvalue weighted by Gasteiger charge is -2.35. The smallest absolute Gasteiger partial charge is 0.262 e. The van der Waals surface area contributed by atoms with Crippen LogP contribution in [-0.2, 0) is 10.0 Å². The van der Waals surface area contributed by atoms with Crippen molar-refractivity contribution >= 4 is 21.6 Å². The maximum Gasteiger partial charge on any atom is 0.262 e. The van der Waals surface area contributed by atoms with E-state index in [0.29, 0.717) is 17.7 Å². The molecule has 1 amide bonds. The van der Waals surface area contributed by atoms with E-state index >= 15 is 0 Å². The average Bonchev–Trinajstić information content (AvgIpc) is 2.69. The van der Waals surface area contributed by atoms with Crippen LogP contribution in [0.3, 0.4) is 0 Å². The Labute approximate surface area is 165 Å². The molecule has 7 heteroatoms. The van der Waals surface area contributed by atoms with Crippen molar-refractivity contribution in [2.24, 2.45) is 0 Å². The van der Waals surface area contributed by atoms with Gasteiger partial charge in [-0.25, -0.2) is 12.8 Å². The van der Waals surface area contributed by atoms with Crippen molar-refractivity contribution < 1.29 is 17.6 Å². The first-order chi connectivity index (χ1) is 13.3. The second kappa shape index (κ2) is 8.31. The van der Waals surface area contributed by atoms with Crippen molar-refractivity contribution in [3.63, 3.8) is 0 Å². The molecule has 1 heterocycles. The first kappa shape index (κ1) is 20.3. The summed E-state index contributed by atoms with van der Waals surface area (Å²) in [7, 11) is -3.91. The monoisotopic (exact) mass is 404 g/mol. The van der Waals surface area contributed by atoms with Gasteiger partial charge in [0.15, 0.2) is 0 Å². The first-order valence-corrected chi connectivity index (χ1v) is 11.0. The van der Waals surface area contributed by atoms with Crippen molar-refractivity contribution in [2.75, 3.05) is 11.3 Å². The molecule has 1 saturated heterocycles. The molecule has 0 aromatic heterocycles. The van der Waals surface area contributed by atoms with E-state index < -0.39 is 15.8 Å². The fourth-order valence-corrected chi connectivity index (χ4v) is 4.94. The molecular weight excluding hydrogens is 379 g/mol. The van der Waals surface area contributed by atoms with Crippen LogP contribution in [0.2, 0.25) is 0 Å². The minimum atomic E-state index is -3.91. The van der Waals surface area contributed by atoms with Gasteiger partial charge >= 0.3 is 0 Å². The average molecular weight is 405 g/mol. The van der Waals surface area contributed by atoms with Crippen molar-refractivity contribution in [1.29, 1.82) is 0 Å². The molecule has 0 spiro atoms. The maximum absolute atomic E-state index is 13.1. The Hall–Kier alpha value is -2.41. The number of hydrogen-bond acceptors (Lipinski definition) is 3. The Morgan fingerprint density at radius 2 is 1.89 bits per heavy atom. The number of halogens is 1. The zero-order valence-corrected chi connectivity index (χ0v) is 16.9. The zero-order chi connectivity index (χ0) is 20.3. The summed E-state index contributed by atoms with van der Waals surface area (Å²) in [6.45, 7) is 4.44. The van der Waals surface area contributed by atoms with Crippen LogP contribution in [0.1, 0.15) is 48.5 Å². The predicted octanol–water partition coefficient (Wildman–Crippen LogP) is 4.34. The lowest BCUT2D eigenvalue weighted by Crippen LogP contribution is -2.43. The Kier molecular flexibility index (Phi) is 6.03. The van der Waals surface area contributed by atoms with E-state index in [1.165, 1.54) is 30.3 Å². The zero-order valence-electron chi connectivity index (χ0n) is 16.1. The lowest BCUT2D eigenvalue weighted by atomic mass is 9.98. The summed E-state index contributed by atoms with van der Waals surface area (Å²) < 4.78 is 41.2. The van der Waals surface area contributed by atoms with Gasteiger partial charge in [-0.1, -0.05) is 13.0 Å². The van der Waals surface area contributed by atoms with E-state index in [0.717, 1.165) is 25.7 Å². The molecule has 1 N–H and O–H groups in total. The molecular formula is C21H25FN2O3S. The van der Waals surface area contributed by atoms with Gasteiger partial charge in [0, 0.05) is 23.8 Å². The van der Waals surface area contributed by atoms with Gasteiger partial charge in [-0.05, 0) is 74.6 Å². The van der Waals surface area contributed by atoms with E-state index in [1.807, 2.05) is 4.90 Å². The van der Waals surface area contributed by atoms with Gasteiger partial charge in [-0.3, -0.25) is 9.52 Å². The highest BCUT2D eigenvalue weighted by Crippen LogP contribution is 2.25. The fourth-order valence-electron chi connectivity index (χ4n) is 3.61. The Morgan fingerprint density at radius 3 is 2.57 bits per heavy atom. The molecule has 0 radical (unpaired) electrons. The fraction of sp³-hybridized carbons (Fsp3) is 0.381. The van der Waals surface area contributed by atoms with Crippen molar-refractivity contribution in [1.82, 2.24) is 4.90 Å². The predicted molar refractivity (Wildman–Crippen MR) is 107 cm³/mol. The minimum absolute atomic E-state index is 0.0488. The SMILES string of the molecule is CCC1CCCCN1C(=O)c1ccc(C)c(S(=O)(=O)Nc2ccc(F)cc2)c1. The summed E-state index contributed by atoms with van der Waals surface area (Å²) in [5.41, 5.74) is 1.17. The van der Waals surface area contributed by atoms with Crippen LogP contribution in [0.4, 0.5) is 10.1 Å². The van der Waals surface area contributed by atoms with Crippen molar-refractivity contribution in [3.05, 3.63) is 59.4 Å². The molecule has 2 aromatic rings. The summed E-state index contributed by atoms with van der Waals surface area (Å²) in [6.07, 6.45) is 3.93. The number of rotatable bonds is 5. The highest BCUT2D eigenvalue weighted by atomic mass is 32.2. The normalized spacial score (nSPS) is 17.4. The van der Waals surface area contributed by atoms with Crippen LogP contribution in [0.5, 0.6) is 0 Å².